The van der Waals surface area contributed by atoms with E-state index in [2.05, 4.69) is 22.2 Å². The van der Waals surface area contributed by atoms with Gasteiger partial charge in [0.05, 0.1) is 5.69 Å². The first kappa shape index (κ1) is 13.6. The maximum absolute atomic E-state index is 12.4. The Morgan fingerprint density at radius 2 is 2.10 bits per heavy atom. The van der Waals surface area contributed by atoms with Crippen molar-refractivity contribution in [1.82, 2.24) is 24.9 Å². The first-order valence-electron chi connectivity index (χ1n) is 7.46. The van der Waals surface area contributed by atoms with Crippen molar-refractivity contribution in [2.45, 2.75) is 19.4 Å². The summed E-state index contributed by atoms with van der Waals surface area (Å²) in [6.07, 6.45) is 0.866. The van der Waals surface area contributed by atoms with E-state index in [0.717, 1.165) is 51.4 Å². The van der Waals surface area contributed by atoms with Gasteiger partial charge >= 0.3 is 0 Å². The van der Waals surface area contributed by atoms with Crippen molar-refractivity contribution in [3.05, 3.63) is 17.5 Å². The van der Waals surface area contributed by atoms with Gasteiger partial charge in [0.2, 0.25) is 0 Å². The molecule has 3 rings (SSSR count). The van der Waals surface area contributed by atoms with Crippen molar-refractivity contribution >= 4 is 5.91 Å². The molecule has 2 aliphatic rings. The van der Waals surface area contributed by atoms with Crippen LogP contribution in [0.2, 0.25) is 0 Å². The maximum Gasteiger partial charge on any atom is 0.272 e. The number of aromatic nitrogens is 2. The maximum atomic E-state index is 12.4. The van der Waals surface area contributed by atoms with E-state index in [1.165, 1.54) is 0 Å². The van der Waals surface area contributed by atoms with Gasteiger partial charge in [-0.05, 0) is 12.5 Å². The average Bonchev–Trinajstić information content (AvgIpc) is 2.79. The fourth-order valence-electron chi connectivity index (χ4n) is 2.96. The molecule has 0 aromatic carbocycles. The minimum Gasteiger partial charge on any atom is -0.334 e. The Bertz CT molecular complexity index is 486. The highest BCUT2D eigenvalue weighted by atomic mass is 16.2. The molecule has 2 saturated heterocycles. The number of nitrogens with zero attached hydrogens (tertiary/aromatic N) is 4. The first-order chi connectivity index (χ1) is 9.69. The van der Waals surface area contributed by atoms with Crippen LogP contribution in [0.1, 0.15) is 23.1 Å². The molecule has 0 radical (unpaired) electrons. The van der Waals surface area contributed by atoms with E-state index < -0.39 is 0 Å². The summed E-state index contributed by atoms with van der Waals surface area (Å²) >= 11 is 0. The van der Waals surface area contributed by atoms with Gasteiger partial charge in [-0.2, -0.15) is 5.10 Å². The largest absolute Gasteiger partial charge is 0.334 e. The quantitative estimate of drug-likeness (QED) is 0.825. The third-order valence-corrected chi connectivity index (χ3v) is 4.33. The molecule has 2 aliphatic heterocycles. The van der Waals surface area contributed by atoms with Crippen LogP contribution in [0.4, 0.5) is 0 Å². The third kappa shape index (κ3) is 2.45. The highest BCUT2D eigenvalue weighted by molar-refractivity contribution is 5.93. The number of rotatable bonds is 3. The Hall–Kier alpha value is -1.40. The smallest absolute Gasteiger partial charge is 0.272 e. The van der Waals surface area contributed by atoms with Crippen molar-refractivity contribution < 1.29 is 4.79 Å². The number of hydrogen-bond donors (Lipinski definition) is 1. The van der Waals surface area contributed by atoms with Crippen molar-refractivity contribution in [1.29, 1.82) is 0 Å². The highest BCUT2D eigenvalue weighted by Crippen LogP contribution is 2.19. The number of piperazine rings is 1. The highest BCUT2D eigenvalue weighted by Gasteiger charge is 2.36. The molecular formula is C14H23N5O. The van der Waals surface area contributed by atoms with Gasteiger partial charge in [0.15, 0.2) is 0 Å². The predicted molar refractivity (Wildman–Crippen MR) is 76.7 cm³/mol. The molecule has 0 bridgehead atoms. The summed E-state index contributed by atoms with van der Waals surface area (Å²) in [7, 11) is 1.85. The van der Waals surface area contributed by atoms with E-state index in [1.807, 2.05) is 18.0 Å². The van der Waals surface area contributed by atoms with Crippen LogP contribution < -0.4 is 5.32 Å². The van der Waals surface area contributed by atoms with Crippen molar-refractivity contribution in [3.63, 3.8) is 0 Å². The number of hydrogen-bond acceptors (Lipinski definition) is 4. The lowest BCUT2D eigenvalue weighted by Gasteiger charge is -2.46. The summed E-state index contributed by atoms with van der Waals surface area (Å²) in [6, 6.07) is 2.46. The molecule has 0 spiro atoms. The van der Waals surface area contributed by atoms with Crippen LogP contribution >= 0.6 is 0 Å². The second-order valence-corrected chi connectivity index (χ2v) is 5.65. The van der Waals surface area contributed by atoms with Gasteiger partial charge in [-0.3, -0.25) is 14.4 Å². The van der Waals surface area contributed by atoms with E-state index in [0.29, 0.717) is 11.7 Å². The van der Waals surface area contributed by atoms with Gasteiger partial charge in [0.1, 0.15) is 5.69 Å². The molecule has 110 valence electrons. The Kier molecular flexibility index (Phi) is 3.76. The zero-order valence-electron chi connectivity index (χ0n) is 12.3. The van der Waals surface area contributed by atoms with Gasteiger partial charge in [-0.1, -0.05) is 6.92 Å². The molecule has 6 nitrogen and oxygen atoms in total. The van der Waals surface area contributed by atoms with Gasteiger partial charge < -0.3 is 10.2 Å². The van der Waals surface area contributed by atoms with Crippen LogP contribution in [0.25, 0.3) is 0 Å². The first-order valence-corrected chi connectivity index (χ1v) is 7.46. The summed E-state index contributed by atoms with van der Waals surface area (Å²) in [4.78, 5) is 16.9. The third-order valence-electron chi connectivity index (χ3n) is 4.33. The summed E-state index contributed by atoms with van der Waals surface area (Å²) in [5, 5.41) is 7.71. The number of carbonyl (C=O) groups excluding carboxylic acids is 1. The van der Waals surface area contributed by atoms with Crippen molar-refractivity contribution in [2.75, 3.05) is 39.3 Å². The fourth-order valence-corrected chi connectivity index (χ4v) is 2.96. The fraction of sp³-hybridized carbons (Fsp3) is 0.714. The van der Waals surface area contributed by atoms with E-state index >= 15 is 0 Å². The normalized spacial score (nSPS) is 21.0. The molecule has 1 N–H and O–H groups in total. The molecule has 3 heterocycles. The van der Waals surface area contributed by atoms with Crippen LogP contribution in [0.15, 0.2) is 6.07 Å². The zero-order chi connectivity index (χ0) is 14.1. The second kappa shape index (κ2) is 5.54. The summed E-state index contributed by atoms with van der Waals surface area (Å²) in [6.45, 7) is 8.08. The molecule has 0 atom stereocenters. The van der Waals surface area contributed by atoms with E-state index in [9.17, 15) is 4.79 Å². The Labute approximate surface area is 119 Å². The Morgan fingerprint density at radius 3 is 2.70 bits per heavy atom. The van der Waals surface area contributed by atoms with Crippen molar-refractivity contribution in [3.8, 4) is 0 Å². The van der Waals surface area contributed by atoms with E-state index in [-0.39, 0.29) is 5.91 Å². The minimum atomic E-state index is 0.117. The number of amides is 1. The lowest BCUT2D eigenvalue weighted by atomic mass is 10.1. The standard InChI is InChI=1S/C14H23N5O/c1-3-11-8-13(17(2)16-11)14(20)19-9-12(10-19)18-6-4-15-5-7-18/h8,12,15H,3-7,9-10H2,1-2H3. The minimum absolute atomic E-state index is 0.117. The van der Waals surface area contributed by atoms with Crippen LogP contribution in [0.5, 0.6) is 0 Å². The van der Waals surface area contributed by atoms with Crippen molar-refractivity contribution in [2.24, 2.45) is 7.05 Å². The predicted octanol–water partition coefficient (Wildman–Crippen LogP) is -0.288. The van der Waals surface area contributed by atoms with E-state index in [1.54, 1.807) is 4.68 Å². The molecule has 0 aliphatic carbocycles. The van der Waals surface area contributed by atoms with Gasteiger partial charge in [-0.25, -0.2) is 0 Å². The number of aryl methyl sites for hydroxylation is 2. The van der Waals surface area contributed by atoms with Crippen LogP contribution in [-0.4, -0.2) is 70.8 Å². The molecule has 2 fully saturated rings. The summed E-state index contributed by atoms with van der Waals surface area (Å²) < 4.78 is 1.71. The molecule has 1 aromatic rings. The monoisotopic (exact) mass is 277 g/mol. The van der Waals surface area contributed by atoms with Crippen LogP contribution in [0, 0.1) is 0 Å². The molecule has 0 unspecified atom stereocenters. The molecule has 6 heteroatoms. The number of nitrogens with one attached hydrogen (secondary N) is 1. The number of likely N-dealkylation sites (tertiary alicyclic amines) is 1. The van der Waals surface area contributed by atoms with Gasteiger partial charge in [-0.15, -0.1) is 0 Å². The summed E-state index contributed by atoms with van der Waals surface area (Å²) in [5.41, 5.74) is 1.69. The van der Waals surface area contributed by atoms with Gasteiger partial charge in [0, 0.05) is 52.4 Å². The lowest BCUT2D eigenvalue weighted by molar-refractivity contribution is 0.0219. The topological polar surface area (TPSA) is 53.4 Å². The Morgan fingerprint density at radius 1 is 1.40 bits per heavy atom. The summed E-state index contributed by atoms with van der Waals surface area (Å²) in [5.74, 6) is 0.117. The van der Waals surface area contributed by atoms with Crippen LogP contribution in [0.3, 0.4) is 0 Å². The second-order valence-electron chi connectivity index (χ2n) is 5.65. The number of carbonyl (C=O) groups is 1. The average molecular weight is 277 g/mol. The van der Waals surface area contributed by atoms with E-state index in [4.69, 9.17) is 0 Å². The van der Waals surface area contributed by atoms with Gasteiger partial charge in [0.25, 0.3) is 5.91 Å². The molecule has 20 heavy (non-hydrogen) atoms. The molecule has 0 saturated carbocycles. The lowest BCUT2D eigenvalue weighted by Crippen LogP contribution is -2.64. The SMILES string of the molecule is CCc1cc(C(=O)N2CC(N3CCNCC3)C2)n(C)n1. The molecule has 1 amide bonds. The zero-order valence-corrected chi connectivity index (χ0v) is 12.3. The Balaban J connectivity index is 1.58. The molecular weight excluding hydrogens is 254 g/mol. The molecule has 1 aromatic heterocycles. The van der Waals surface area contributed by atoms with Crippen LogP contribution in [-0.2, 0) is 13.5 Å².